The number of nitrogens with one attached hydrogen (secondary N) is 1. The summed E-state index contributed by atoms with van der Waals surface area (Å²) in [7, 11) is 2.82. The van der Waals surface area contributed by atoms with E-state index in [-0.39, 0.29) is 58.3 Å². The normalized spacial score (nSPS) is 11.8. The van der Waals surface area contributed by atoms with E-state index in [4.69, 9.17) is 26.7 Å². The van der Waals surface area contributed by atoms with E-state index in [1.165, 1.54) is 14.2 Å². The summed E-state index contributed by atoms with van der Waals surface area (Å²) in [5.74, 6) is 0.338. The van der Waals surface area contributed by atoms with Crippen molar-refractivity contribution in [1.29, 1.82) is 0 Å². The minimum absolute atomic E-state index is 0.0677. The molecule has 0 amide bonds. The summed E-state index contributed by atoms with van der Waals surface area (Å²) in [6.45, 7) is 5.45. The first-order valence-corrected chi connectivity index (χ1v) is 14.1. The van der Waals surface area contributed by atoms with Gasteiger partial charge in [-0.15, -0.1) is 0 Å². The van der Waals surface area contributed by atoms with Crippen LogP contribution in [0, 0.1) is 0 Å². The Kier molecular flexibility index (Phi) is 9.37. The topological polar surface area (TPSA) is 149 Å². The Bertz CT molecular complexity index is 1610. The minimum atomic E-state index is -1.43. The molecule has 0 aliphatic carbocycles. The van der Waals surface area contributed by atoms with Crippen molar-refractivity contribution in [3.05, 3.63) is 60.7 Å². The van der Waals surface area contributed by atoms with E-state index in [0.29, 0.717) is 28.9 Å². The number of para-hydroxylation sites is 2. The number of nitrogens with zero attached hydrogens (tertiary/aromatic N) is 4. The van der Waals surface area contributed by atoms with Gasteiger partial charge in [-0.3, -0.25) is 4.57 Å². The van der Waals surface area contributed by atoms with Crippen molar-refractivity contribution in [2.75, 3.05) is 33.9 Å². The number of imidazole rings is 1. The van der Waals surface area contributed by atoms with Crippen LogP contribution in [-0.4, -0.2) is 74.5 Å². The molecule has 0 saturated heterocycles. The molecule has 228 valence electrons. The van der Waals surface area contributed by atoms with E-state index in [1.54, 1.807) is 79.1 Å². The Morgan fingerprint density at radius 2 is 1.33 bits per heavy atom. The van der Waals surface area contributed by atoms with Gasteiger partial charge in [-0.1, -0.05) is 24.3 Å². The first kappa shape index (κ1) is 31.8. The maximum Gasteiger partial charge on any atom is 0.208 e. The second kappa shape index (κ2) is 12.7. The van der Waals surface area contributed by atoms with Crippen molar-refractivity contribution >= 4 is 28.7 Å². The fourth-order valence-corrected chi connectivity index (χ4v) is 5.14. The molecule has 0 aliphatic rings. The van der Waals surface area contributed by atoms with E-state index >= 15 is 0 Å². The highest BCUT2D eigenvalue weighted by atomic mass is 32.1. The number of aromatic nitrogens is 2. The lowest BCUT2D eigenvalue weighted by Gasteiger charge is -2.24. The molecule has 0 spiro atoms. The molecule has 6 N–H and O–H groups in total. The van der Waals surface area contributed by atoms with E-state index in [1.807, 2.05) is 6.92 Å². The van der Waals surface area contributed by atoms with Crippen LogP contribution in [0.15, 0.2) is 60.7 Å². The number of benzene rings is 3. The second-order valence-corrected chi connectivity index (χ2v) is 10.0. The summed E-state index contributed by atoms with van der Waals surface area (Å²) in [5, 5.41) is 57.9. The van der Waals surface area contributed by atoms with Gasteiger partial charge < -0.3 is 19.9 Å². The third-order valence-electron chi connectivity index (χ3n) is 7.12. The number of thiocarbonyl (C=S) groups is 1. The van der Waals surface area contributed by atoms with Crippen molar-refractivity contribution < 1.29 is 35.4 Å². The number of phenolic OH excluding ortho intramolecular Hbond substituents is 1. The van der Waals surface area contributed by atoms with Gasteiger partial charge in [0, 0.05) is 24.2 Å². The summed E-state index contributed by atoms with van der Waals surface area (Å²) in [5.41, 5.74) is 2.09. The van der Waals surface area contributed by atoms with Gasteiger partial charge in [0.15, 0.2) is 16.6 Å². The lowest BCUT2D eigenvalue weighted by molar-refractivity contribution is -0.288. The smallest absolute Gasteiger partial charge is 0.208 e. The van der Waals surface area contributed by atoms with Crippen molar-refractivity contribution in [2.24, 2.45) is 0 Å². The van der Waals surface area contributed by atoms with Gasteiger partial charge in [0.25, 0.3) is 0 Å². The molecule has 12 nitrogen and oxygen atoms in total. The summed E-state index contributed by atoms with van der Waals surface area (Å²) in [4.78, 5) is 2.16. The SMILES string of the molecule is CCNC(=S)n1c(-c2cc(OC)c(O)c(OC)c2)nc(-c2ccccc2[N+](O)(O)CC)c1-c1ccccc1[N+](O)(O)CC. The number of aromatic hydroxyl groups is 1. The Morgan fingerprint density at radius 3 is 1.81 bits per heavy atom. The van der Waals surface area contributed by atoms with E-state index < -0.39 is 9.62 Å². The van der Waals surface area contributed by atoms with Gasteiger partial charge in [-0.2, -0.15) is 20.8 Å². The standard InChI is InChI=1S/C30H35N5O7S/c1-6-31-30(43)33-27(21-14-10-12-16-23(21)35(39,40)8-3)26(20-13-9-11-15-22(20)34(37,38)7-2)32-29(33)19-17-24(41-4)28(36)25(18-19)42-5/h9-18,37-40H,6-8H2,1-5H3/p+2. The molecule has 4 aromatic rings. The molecular formula is C30H37N5O7S+2. The summed E-state index contributed by atoms with van der Waals surface area (Å²) < 4.78 is 12.5. The number of hydroxylamine groups is 4. The molecule has 4 rings (SSSR count). The van der Waals surface area contributed by atoms with Gasteiger partial charge in [0.2, 0.25) is 17.1 Å². The van der Waals surface area contributed by atoms with Crippen LogP contribution in [0.5, 0.6) is 17.2 Å². The molecule has 0 atom stereocenters. The molecule has 0 aliphatic heterocycles. The zero-order chi connectivity index (χ0) is 31.5. The predicted octanol–water partition coefficient (Wildman–Crippen LogP) is 5.56. The average Bonchev–Trinajstić information content (AvgIpc) is 3.42. The quantitative estimate of drug-likeness (QED) is 0.0764. The highest BCUT2D eigenvalue weighted by molar-refractivity contribution is 7.80. The van der Waals surface area contributed by atoms with E-state index in [2.05, 4.69) is 5.32 Å². The maximum absolute atomic E-state index is 11.0. The van der Waals surface area contributed by atoms with Crippen LogP contribution in [-0.2, 0) is 0 Å². The van der Waals surface area contributed by atoms with Crippen molar-refractivity contribution in [1.82, 2.24) is 24.5 Å². The number of phenols is 1. The molecule has 0 saturated carbocycles. The largest absolute Gasteiger partial charge is 0.502 e. The second-order valence-electron chi connectivity index (χ2n) is 9.66. The highest BCUT2D eigenvalue weighted by Crippen LogP contribution is 2.46. The predicted molar refractivity (Wildman–Crippen MR) is 167 cm³/mol. The first-order valence-electron chi connectivity index (χ1n) is 13.7. The van der Waals surface area contributed by atoms with Crippen LogP contribution in [0.4, 0.5) is 11.4 Å². The maximum atomic E-state index is 11.0. The number of quaternary nitrogens is 2. The van der Waals surface area contributed by atoms with Crippen LogP contribution in [0.3, 0.4) is 0 Å². The molecule has 43 heavy (non-hydrogen) atoms. The number of hydrogen-bond donors (Lipinski definition) is 6. The first-order chi connectivity index (χ1) is 20.4. The number of rotatable bonds is 10. The van der Waals surface area contributed by atoms with Crippen molar-refractivity contribution in [3.8, 4) is 51.2 Å². The molecule has 0 bridgehead atoms. The summed E-state index contributed by atoms with van der Waals surface area (Å²) in [6, 6.07) is 16.6. The van der Waals surface area contributed by atoms with Gasteiger partial charge in [0.05, 0.1) is 31.0 Å². The van der Waals surface area contributed by atoms with Crippen LogP contribution in [0.1, 0.15) is 20.8 Å². The highest BCUT2D eigenvalue weighted by Gasteiger charge is 2.37. The Morgan fingerprint density at radius 1 is 0.837 bits per heavy atom. The Labute approximate surface area is 254 Å². The molecule has 0 unspecified atom stereocenters. The number of ether oxygens (including phenoxy) is 2. The lowest BCUT2D eigenvalue weighted by Crippen LogP contribution is -2.42. The zero-order valence-corrected chi connectivity index (χ0v) is 25.5. The average molecular weight is 612 g/mol. The van der Waals surface area contributed by atoms with Crippen molar-refractivity contribution in [2.45, 2.75) is 20.8 Å². The van der Waals surface area contributed by atoms with Crippen LogP contribution >= 0.6 is 12.2 Å². The Balaban J connectivity index is 2.25. The van der Waals surface area contributed by atoms with Crippen LogP contribution < -0.4 is 24.4 Å². The molecular weight excluding hydrogens is 574 g/mol. The molecule has 13 heteroatoms. The molecule has 1 heterocycles. The molecule has 1 aromatic heterocycles. The van der Waals surface area contributed by atoms with Gasteiger partial charge in [-0.25, -0.2) is 4.98 Å². The fourth-order valence-electron chi connectivity index (χ4n) is 4.81. The monoisotopic (exact) mass is 611 g/mol. The van der Waals surface area contributed by atoms with E-state index in [9.17, 15) is 25.9 Å². The number of methoxy groups -OCH3 is 2. The lowest BCUT2D eigenvalue weighted by atomic mass is 10.0. The third-order valence-corrected chi connectivity index (χ3v) is 7.45. The molecule has 0 fully saturated rings. The van der Waals surface area contributed by atoms with Crippen molar-refractivity contribution in [3.63, 3.8) is 0 Å². The molecule has 0 radical (unpaired) electrons. The van der Waals surface area contributed by atoms with Gasteiger partial charge in [-0.05, 0) is 66.9 Å². The minimum Gasteiger partial charge on any atom is -0.502 e. The number of hydrogen-bond acceptors (Lipinski definition) is 9. The van der Waals surface area contributed by atoms with Gasteiger partial charge in [0.1, 0.15) is 24.6 Å². The third kappa shape index (κ3) is 5.92. The van der Waals surface area contributed by atoms with Gasteiger partial charge >= 0.3 is 0 Å². The molecule has 3 aromatic carbocycles. The Hall–Kier alpha value is -4.08. The summed E-state index contributed by atoms with van der Waals surface area (Å²) >= 11 is 5.87. The van der Waals surface area contributed by atoms with Crippen LogP contribution in [0.2, 0.25) is 0 Å². The van der Waals surface area contributed by atoms with E-state index in [0.717, 1.165) is 0 Å². The van der Waals surface area contributed by atoms with Crippen LogP contribution in [0.25, 0.3) is 33.9 Å². The fraction of sp³-hybridized carbons (Fsp3) is 0.267. The summed E-state index contributed by atoms with van der Waals surface area (Å²) in [6.07, 6.45) is 0. The zero-order valence-electron chi connectivity index (χ0n) is 24.6.